The van der Waals surface area contributed by atoms with Crippen LogP contribution in [0.4, 0.5) is 0 Å². The lowest BCUT2D eigenvalue weighted by atomic mass is 9.79. The van der Waals surface area contributed by atoms with E-state index in [4.69, 9.17) is 32.9 Å². The van der Waals surface area contributed by atoms with Crippen molar-refractivity contribution < 1.29 is 96.5 Å². The van der Waals surface area contributed by atoms with E-state index in [-0.39, 0.29) is 38.5 Å². The molecule has 2 rings (SSSR count). The number of esters is 4. The molecule has 23 heteroatoms. The van der Waals surface area contributed by atoms with Crippen LogP contribution in [0, 0.1) is 5.92 Å². The highest BCUT2D eigenvalue weighted by molar-refractivity contribution is 7.46. The molecule has 0 aromatic rings. The Morgan fingerprint density at radius 3 is 0.925 bits per heavy atom. The molecular formula is C97H183N2O20P. The number of aliphatic hydroxyl groups excluding tert-OH is 4. The summed E-state index contributed by atoms with van der Waals surface area (Å²) in [5.41, 5.74) is 0. The number of phosphoric acid groups is 1. The fourth-order valence-corrected chi connectivity index (χ4v) is 17.8. The second kappa shape index (κ2) is 76.9. The molecule has 0 aromatic carbocycles. The Bertz CT molecular complexity index is 2510. The van der Waals surface area contributed by atoms with Crippen LogP contribution in [0.2, 0.25) is 0 Å². The minimum Gasteiger partial charge on any atom is -0.462 e. The summed E-state index contributed by atoms with van der Waals surface area (Å²) in [4.78, 5) is 106. The lowest BCUT2D eigenvalue weighted by molar-refractivity contribution is -0.262. The number of carbonyl (C=O) groups excluding carboxylic acids is 6. The SMILES string of the molecule is CCCCCCCCCCCCCC(=O)O[C@H](CCCCCCCCCCC)CC(=O)NC1[C@H](O)OC(CO[C@@H]2CC(CO)[C@@H](OP(=O)(O)O)[C@H](OC(=O)C[C@@H](CCCCCCCCCCC)OC(=O)CCCCCCCCCCCCC)C2NC(=O)C[C@@H](CCCCCCCCCCC)OC(=O)CCCCCCCCCCCCC)[C@@H](O)[C@@H]1O. The minimum atomic E-state index is -5.50. The molecule has 0 bridgehead atoms. The van der Waals surface area contributed by atoms with Gasteiger partial charge in [-0.05, 0) is 64.2 Å². The van der Waals surface area contributed by atoms with Gasteiger partial charge in [0, 0.05) is 31.8 Å². The van der Waals surface area contributed by atoms with E-state index in [0.717, 1.165) is 173 Å². The Balaban J connectivity index is 2.58. The minimum absolute atomic E-state index is 0.141. The molecule has 0 spiro atoms. The van der Waals surface area contributed by atoms with Gasteiger partial charge in [0.25, 0.3) is 0 Å². The van der Waals surface area contributed by atoms with Crippen LogP contribution in [-0.4, -0.2) is 152 Å². The van der Waals surface area contributed by atoms with E-state index in [0.29, 0.717) is 57.8 Å². The number of hydrogen-bond acceptors (Lipinski definition) is 18. The topological polar surface area (TPSA) is 330 Å². The zero-order valence-corrected chi connectivity index (χ0v) is 78.2. The second-order valence-corrected chi connectivity index (χ2v) is 37.1. The maximum Gasteiger partial charge on any atom is 0.469 e. The maximum atomic E-state index is 15.1. The Kier molecular flexibility index (Phi) is 72.2. The molecule has 1 heterocycles. The van der Waals surface area contributed by atoms with Crippen LogP contribution in [0.5, 0.6) is 0 Å². The van der Waals surface area contributed by atoms with Gasteiger partial charge >= 0.3 is 31.7 Å². The number of carbonyl (C=O) groups is 6. The Hall–Kier alpha value is -3.31. The molecule has 8 N–H and O–H groups in total. The molecule has 2 fully saturated rings. The first-order valence-electron chi connectivity index (χ1n) is 50.3. The number of aliphatic hydroxyl groups is 4. The molecule has 22 nitrogen and oxygen atoms in total. The third-order valence-corrected chi connectivity index (χ3v) is 25.2. The van der Waals surface area contributed by atoms with E-state index < -0.39 is 142 Å². The zero-order valence-electron chi connectivity index (χ0n) is 77.3. The van der Waals surface area contributed by atoms with Gasteiger partial charge in [-0.1, -0.05) is 388 Å². The molecule has 1 saturated heterocycles. The largest absolute Gasteiger partial charge is 0.469 e. The average Bonchev–Trinajstić information content (AvgIpc) is 0.750. The van der Waals surface area contributed by atoms with Crippen LogP contribution in [-0.2, 0) is 66.3 Å². The molecule has 4 unspecified atom stereocenters. The molecular weight excluding hydrogens is 1540 g/mol. The molecule has 2 aliphatic rings. The summed E-state index contributed by atoms with van der Waals surface area (Å²) in [6, 6.07) is -3.12. The molecule has 2 amide bonds. The third-order valence-electron chi connectivity index (χ3n) is 24.6. The standard InChI is InChI=1S/C97H183N2O20P/c1-7-13-19-25-31-37-40-46-52-58-64-70-87(103)114-80(67-61-55-49-43-34-28-22-16-10-4)74-85(101)98-91-83(73-79(77-100)95(119-120(110,111)112)96(91)118-90(106)76-82(69-63-57-51-45-36-30-24-18-12-6)116-89(105)72-66-60-54-48-42-39-33-27-21-15-9-3)113-78-84-93(107)94(108)92(97(109)117-84)99-86(102)75-81(68-62-56-50-44-35-29-23-17-11-5)115-88(104)71-65-59-53-47-41-38-32-26-20-14-8-2/h79-84,91-97,100,107-109H,7-78H2,1-6H3,(H,98,101)(H,99,102)(H2,110,111,112)/t79?,80-,81-,82-,83-,84?,91?,92?,93-,94-,95-,96-,97-/m1/s1. The predicted molar refractivity (Wildman–Crippen MR) is 481 cm³/mol. The summed E-state index contributed by atoms with van der Waals surface area (Å²) in [6.07, 6.45) is 50.1. The molecule has 706 valence electrons. The van der Waals surface area contributed by atoms with Crippen molar-refractivity contribution in [1.82, 2.24) is 10.6 Å². The fraction of sp³-hybridized carbons (Fsp3) is 0.938. The average molecular weight is 1730 g/mol. The van der Waals surface area contributed by atoms with Crippen LogP contribution in [0.15, 0.2) is 0 Å². The highest BCUT2D eigenvalue weighted by Crippen LogP contribution is 2.45. The quantitative estimate of drug-likeness (QED) is 0.0121. The summed E-state index contributed by atoms with van der Waals surface area (Å²) in [5.74, 6) is -4.89. The van der Waals surface area contributed by atoms with Crippen molar-refractivity contribution in [3.05, 3.63) is 0 Å². The molecule has 120 heavy (non-hydrogen) atoms. The molecule has 1 saturated carbocycles. The number of amides is 2. The van der Waals surface area contributed by atoms with E-state index in [2.05, 4.69) is 52.2 Å². The lowest BCUT2D eigenvalue weighted by Gasteiger charge is -2.46. The van der Waals surface area contributed by atoms with Gasteiger partial charge in [0.1, 0.15) is 48.8 Å². The first-order valence-corrected chi connectivity index (χ1v) is 51.8. The van der Waals surface area contributed by atoms with Crippen LogP contribution in [0.1, 0.15) is 491 Å². The number of nitrogens with one attached hydrogen (secondary N) is 2. The zero-order chi connectivity index (χ0) is 87.7. The summed E-state index contributed by atoms with van der Waals surface area (Å²) in [5, 5.41) is 52.2. The highest BCUT2D eigenvalue weighted by Gasteiger charge is 2.52. The molecule has 1 aliphatic carbocycles. The van der Waals surface area contributed by atoms with Gasteiger partial charge in [0.05, 0.1) is 38.0 Å². The number of ether oxygens (including phenoxy) is 6. The third kappa shape index (κ3) is 60.4. The van der Waals surface area contributed by atoms with Crippen LogP contribution in [0.25, 0.3) is 0 Å². The van der Waals surface area contributed by atoms with Gasteiger partial charge in [-0.15, -0.1) is 0 Å². The van der Waals surface area contributed by atoms with Crippen LogP contribution < -0.4 is 10.6 Å². The summed E-state index contributed by atoms with van der Waals surface area (Å²) in [6.45, 7) is 11.8. The van der Waals surface area contributed by atoms with E-state index in [1.807, 2.05) is 0 Å². The predicted octanol–water partition coefficient (Wildman–Crippen LogP) is 23.0. The van der Waals surface area contributed by atoms with Gasteiger partial charge in [0.2, 0.25) is 11.8 Å². The first kappa shape index (κ1) is 113. The van der Waals surface area contributed by atoms with Crippen molar-refractivity contribution in [2.24, 2.45) is 5.92 Å². The highest BCUT2D eigenvalue weighted by atomic mass is 31.2. The number of rotatable bonds is 84. The molecule has 0 radical (unpaired) electrons. The van der Waals surface area contributed by atoms with Crippen molar-refractivity contribution in [2.45, 2.75) is 564 Å². The van der Waals surface area contributed by atoms with Crippen molar-refractivity contribution >= 4 is 43.5 Å². The Morgan fingerprint density at radius 2 is 0.633 bits per heavy atom. The van der Waals surface area contributed by atoms with Crippen molar-refractivity contribution in [2.75, 3.05) is 13.2 Å². The van der Waals surface area contributed by atoms with Gasteiger partial charge in [-0.2, -0.15) is 0 Å². The molecule has 0 aromatic heterocycles. The molecule has 13 atom stereocenters. The summed E-state index contributed by atoms with van der Waals surface area (Å²) in [7, 11) is -5.50. The van der Waals surface area contributed by atoms with Gasteiger partial charge in [0.15, 0.2) is 12.4 Å². The Labute approximate surface area is 730 Å². The second-order valence-electron chi connectivity index (χ2n) is 36.0. The van der Waals surface area contributed by atoms with Crippen LogP contribution >= 0.6 is 7.82 Å². The lowest BCUT2D eigenvalue weighted by Crippen LogP contribution is -2.66. The van der Waals surface area contributed by atoms with Crippen LogP contribution in [0.3, 0.4) is 0 Å². The van der Waals surface area contributed by atoms with Crippen molar-refractivity contribution in [3.63, 3.8) is 0 Å². The van der Waals surface area contributed by atoms with E-state index in [9.17, 15) is 58.8 Å². The van der Waals surface area contributed by atoms with E-state index in [1.165, 1.54) is 173 Å². The van der Waals surface area contributed by atoms with Crippen molar-refractivity contribution in [1.29, 1.82) is 0 Å². The Morgan fingerprint density at radius 1 is 0.358 bits per heavy atom. The van der Waals surface area contributed by atoms with Gasteiger partial charge < -0.3 is 69.3 Å². The number of hydrogen-bond donors (Lipinski definition) is 8. The number of phosphoric ester groups is 1. The maximum absolute atomic E-state index is 15.1. The van der Waals surface area contributed by atoms with Gasteiger partial charge in [-0.25, -0.2) is 4.57 Å². The smallest absolute Gasteiger partial charge is 0.462 e. The summed E-state index contributed by atoms with van der Waals surface area (Å²) >= 11 is 0. The monoisotopic (exact) mass is 1730 g/mol. The number of unbranched alkanes of at least 4 members (excludes halogenated alkanes) is 54. The normalized spacial score (nSPS) is 20.2. The molecule has 1 aliphatic heterocycles. The first-order chi connectivity index (χ1) is 58.2. The summed E-state index contributed by atoms with van der Waals surface area (Å²) < 4.78 is 55.8. The van der Waals surface area contributed by atoms with Gasteiger partial charge in [-0.3, -0.25) is 33.3 Å². The van der Waals surface area contributed by atoms with Crippen molar-refractivity contribution in [3.8, 4) is 0 Å². The van der Waals surface area contributed by atoms with E-state index in [1.54, 1.807) is 0 Å². The fourth-order valence-electron chi connectivity index (χ4n) is 17.2. The van der Waals surface area contributed by atoms with E-state index >= 15 is 4.79 Å².